The molecule has 1 fully saturated rings. The largest absolute Gasteiger partial charge is 0.439 e. The fourth-order valence-electron chi connectivity index (χ4n) is 4.69. The number of cyclic esters (lactones) is 1. The average molecular weight is 440 g/mol. The molecule has 0 bridgehead atoms. The zero-order valence-electron chi connectivity index (χ0n) is 18.3. The summed E-state index contributed by atoms with van der Waals surface area (Å²) < 4.78 is 22.9. The number of carbonyl (C=O) groups excluding carboxylic acids is 1. The molecule has 32 heavy (non-hydrogen) atoms. The molecule has 1 amide bonds. The van der Waals surface area contributed by atoms with Gasteiger partial charge in [-0.2, -0.15) is 0 Å². The highest BCUT2D eigenvalue weighted by molar-refractivity contribution is 5.73. The number of carbonyl (C=O) groups is 1. The van der Waals surface area contributed by atoms with E-state index in [1.165, 1.54) is 7.11 Å². The van der Waals surface area contributed by atoms with Crippen molar-refractivity contribution in [3.63, 3.8) is 0 Å². The summed E-state index contributed by atoms with van der Waals surface area (Å²) in [6.07, 6.45) is 2.12. The highest BCUT2D eigenvalue weighted by Gasteiger charge is 2.58. The molecule has 170 valence electrons. The monoisotopic (exact) mass is 439 g/mol. The molecule has 7 heteroatoms. The van der Waals surface area contributed by atoms with Crippen LogP contribution in [-0.2, 0) is 18.9 Å². The number of benzene rings is 2. The summed E-state index contributed by atoms with van der Waals surface area (Å²) in [5.41, 5.74) is 0.660. The van der Waals surface area contributed by atoms with Crippen molar-refractivity contribution in [3.8, 4) is 0 Å². The summed E-state index contributed by atoms with van der Waals surface area (Å²) in [5.74, 6) is 0. The number of hydrogen-bond acceptors (Lipinski definition) is 6. The van der Waals surface area contributed by atoms with E-state index in [9.17, 15) is 9.90 Å². The van der Waals surface area contributed by atoms with Gasteiger partial charge in [0.25, 0.3) is 0 Å². The van der Waals surface area contributed by atoms with E-state index in [2.05, 4.69) is 0 Å². The number of nitrogens with zero attached hydrogens (tertiary/aromatic N) is 1. The van der Waals surface area contributed by atoms with Gasteiger partial charge in [-0.1, -0.05) is 72.8 Å². The number of methoxy groups -OCH3 is 1. The van der Waals surface area contributed by atoms with E-state index in [-0.39, 0.29) is 13.4 Å². The Morgan fingerprint density at radius 1 is 1.03 bits per heavy atom. The molecule has 0 saturated carbocycles. The average Bonchev–Trinajstić information content (AvgIpc) is 3.36. The lowest BCUT2D eigenvalue weighted by molar-refractivity contribution is -0.186. The van der Waals surface area contributed by atoms with Crippen LogP contribution >= 0.6 is 0 Å². The molecule has 1 N–H and O–H groups in total. The fourth-order valence-corrected chi connectivity index (χ4v) is 4.69. The van der Waals surface area contributed by atoms with Crippen LogP contribution in [0.3, 0.4) is 0 Å². The maximum atomic E-state index is 13.3. The van der Waals surface area contributed by atoms with Crippen LogP contribution in [0, 0.1) is 0 Å². The number of aliphatic hydroxyl groups excluding tert-OH is 1. The summed E-state index contributed by atoms with van der Waals surface area (Å²) in [6, 6.07) is 18.5. The molecular formula is C25H29NO6. The van der Waals surface area contributed by atoms with E-state index in [1.807, 2.05) is 79.7 Å². The molecule has 2 aliphatic rings. The van der Waals surface area contributed by atoms with Gasteiger partial charge in [0.2, 0.25) is 0 Å². The Labute approximate surface area is 188 Å². The Morgan fingerprint density at radius 2 is 1.69 bits per heavy atom. The summed E-state index contributed by atoms with van der Waals surface area (Å²) in [7, 11) is 1.53. The molecular weight excluding hydrogens is 410 g/mol. The third-order valence-electron chi connectivity index (χ3n) is 6.07. The van der Waals surface area contributed by atoms with Crippen LogP contribution in [0.5, 0.6) is 0 Å². The molecule has 5 atom stereocenters. The first kappa shape index (κ1) is 22.5. The van der Waals surface area contributed by atoms with Gasteiger partial charge in [-0.15, -0.1) is 0 Å². The summed E-state index contributed by atoms with van der Waals surface area (Å²) in [6.45, 7) is 1.89. The Balaban J connectivity index is 1.77. The minimum atomic E-state index is -1.18. The quantitative estimate of drug-likeness (QED) is 0.475. The third kappa shape index (κ3) is 3.93. The minimum Gasteiger partial charge on any atom is -0.439 e. The molecule has 0 aromatic heterocycles. The van der Waals surface area contributed by atoms with Gasteiger partial charge in [0.1, 0.15) is 24.5 Å². The van der Waals surface area contributed by atoms with Crippen LogP contribution in [0.4, 0.5) is 4.79 Å². The third-order valence-corrected chi connectivity index (χ3v) is 6.07. The molecule has 1 aliphatic heterocycles. The Kier molecular flexibility index (Phi) is 6.91. The second kappa shape index (κ2) is 9.83. The van der Waals surface area contributed by atoms with Crippen molar-refractivity contribution < 1.29 is 28.8 Å². The fraction of sp³-hybridized carbons (Fsp3) is 0.400. The normalized spacial score (nSPS) is 29.5. The number of hydrogen-bond donors (Lipinski definition) is 1. The number of rotatable bonds is 9. The van der Waals surface area contributed by atoms with Crippen molar-refractivity contribution in [1.82, 2.24) is 4.90 Å². The number of amides is 1. The Bertz CT molecular complexity index is 921. The SMILES string of the molecule is CCO[C@]1(CO)[C@@H](OCOC)C=C[C@H]1N1C(=O)O[C@@H](c2ccccc2)[C@H]1c1ccccc1. The lowest BCUT2D eigenvalue weighted by atomic mass is 9.89. The standard InChI is InChI=1S/C25H29NO6/c1-3-31-25(16-27)20(14-15-21(25)30-17-29-2)26-22(18-10-6-4-7-11-18)23(32-24(26)28)19-12-8-5-9-13-19/h4-15,20-23,27H,3,16-17H2,1-2H3/t20-,21+,22-,23+,25+/m1/s1. The molecule has 0 spiro atoms. The van der Waals surface area contributed by atoms with Crippen LogP contribution in [0.1, 0.15) is 30.2 Å². The zero-order chi connectivity index (χ0) is 22.6. The molecule has 2 aromatic rings. The van der Waals surface area contributed by atoms with Crippen LogP contribution < -0.4 is 0 Å². The van der Waals surface area contributed by atoms with Gasteiger partial charge in [-0.05, 0) is 18.1 Å². The topological polar surface area (TPSA) is 77.5 Å². The maximum absolute atomic E-state index is 13.3. The van der Waals surface area contributed by atoms with Gasteiger partial charge in [-0.3, -0.25) is 4.90 Å². The van der Waals surface area contributed by atoms with E-state index in [1.54, 1.807) is 4.90 Å². The van der Waals surface area contributed by atoms with E-state index in [0.29, 0.717) is 6.61 Å². The predicted octanol–water partition coefficient (Wildman–Crippen LogP) is 3.62. The van der Waals surface area contributed by atoms with E-state index in [4.69, 9.17) is 18.9 Å². The molecule has 1 saturated heterocycles. The predicted molar refractivity (Wildman–Crippen MR) is 118 cm³/mol. The number of aliphatic hydroxyl groups is 1. The van der Waals surface area contributed by atoms with Gasteiger partial charge in [0.15, 0.2) is 6.10 Å². The molecule has 2 aromatic carbocycles. The zero-order valence-corrected chi connectivity index (χ0v) is 18.3. The summed E-state index contributed by atoms with van der Waals surface area (Å²) in [4.78, 5) is 15.0. The van der Waals surface area contributed by atoms with Crippen molar-refractivity contribution >= 4 is 6.09 Å². The van der Waals surface area contributed by atoms with E-state index < -0.39 is 36.0 Å². The molecule has 7 nitrogen and oxygen atoms in total. The number of ether oxygens (including phenoxy) is 4. The van der Waals surface area contributed by atoms with Crippen molar-refractivity contribution in [2.45, 2.75) is 36.8 Å². The van der Waals surface area contributed by atoms with Crippen molar-refractivity contribution in [3.05, 3.63) is 83.9 Å². The maximum Gasteiger partial charge on any atom is 0.411 e. The highest BCUT2D eigenvalue weighted by atomic mass is 16.7. The molecule has 1 aliphatic carbocycles. The first-order valence-corrected chi connectivity index (χ1v) is 10.8. The summed E-state index contributed by atoms with van der Waals surface area (Å²) in [5, 5.41) is 10.5. The second-order valence-electron chi connectivity index (χ2n) is 7.85. The summed E-state index contributed by atoms with van der Waals surface area (Å²) >= 11 is 0. The van der Waals surface area contributed by atoms with Crippen molar-refractivity contribution in [2.75, 3.05) is 27.1 Å². The van der Waals surface area contributed by atoms with Gasteiger partial charge in [0, 0.05) is 13.7 Å². The van der Waals surface area contributed by atoms with Crippen LogP contribution in [0.25, 0.3) is 0 Å². The molecule has 0 radical (unpaired) electrons. The minimum absolute atomic E-state index is 0.0375. The lowest BCUT2D eigenvalue weighted by Gasteiger charge is -2.42. The smallest absolute Gasteiger partial charge is 0.411 e. The molecule has 4 rings (SSSR count). The van der Waals surface area contributed by atoms with Gasteiger partial charge >= 0.3 is 6.09 Å². The van der Waals surface area contributed by atoms with Crippen LogP contribution in [0.15, 0.2) is 72.8 Å². The highest BCUT2D eigenvalue weighted by Crippen LogP contribution is 2.48. The van der Waals surface area contributed by atoms with Gasteiger partial charge < -0.3 is 24.1 Å². The van der Waals surface area contributed by atoms with Gasteiger partial charge in [-0.25, -0.2) is 4.79 Å². The molecule has 0 unspecified atom stereocenters. The van der Waals surface area contributed by atoms with Crippen LogP contribution in [-0.4, -0.2) is 61.0 Å². The first-order valence-electron chi connectivity index (χ1n) is 10.8. The van der Waals surface area contributed by atoms with Gasteiger partial charge in [0.05, 0.1) is 12.6 Å². The molecule has 1 heterocycles. The lowest BCUT2D eigenvalue weighted by Crippen LogP contribution is -2.60. The second-order valence-corrected chi connectivity index (χ2v) is 7.85. The Morgan fingerprint density at radius 3 is 2.28 bits per heavy atom. The van der Waals surface area contributed by atoms with E-state index in [0.717, 1.165) is 11.1 Å². The van der Waals surface area contributed by atoms with Crippen molar-refractivity contribution in [2.24, 2.45) is 0 Å². The van der Waals surface area contributed by atoms with E-state index >= 15 is 0 Å². The Hall–Kier alpha value is -2.71. The van der Waals surface area contributed by atoms with Crippen LogP contribution in [0.2, 0.25) is 0 Å². The van der Waals surface area contributed by atoms with Crippen molar-refractivity contribution in [1.29, 1.82) is 0 Å². The first-order chi connectivity index (χ1) is 15.7.